The second-order valence-corrected chi connectivity index (χ2v) is 6.09. The van der Waals surface area contributed by atoms with Crippen molar-refractivity contribution in [1.82, 2.24) is 4.90 Å². The van der Waals surface area contributed by atoms with Crippen LogP contribution in [0.15, 0.2) is 23.2 Å². The van der Waals surface area contributed by atoms with Gasteiger partial charge in [-0.1, -0.05) is 13.8 Å². The van der Waals surface area contributed by atoms with E-state index in [0.717, 1.165) is 17.6 Å². The Labute approximate surface area is 101 Å². The number of hydrogen-bond acceptors (Lipinski definition) is 3. The van der Waals surface area contributed by atoms with Crippen LogP contribution in [0.5, 0.6) is 0 Å². The minimum Gasteiger partial charge on any atom is -0.383 e. The van der Waals surface area contributed by atoms with Crippen LogP contribution < -0.4 is 0 Å². The van der Waals surface area contributed by atoms with E-state index in [1.807, 2.05) is 36.6 Å². The number of carbonyl (C=O) groups is 1. The van der Waals surface area contributed by atoms with Crippen molar-refractivity contribution in [3.8, 4) is 0 Å². The van der Waals surface area contributed by atoms with Crippen LogP contribution in [0.3, 0.4) is 0 Å². The fourth-order valence-corrected chi connectivity index (χ4v) is 3.26. The topological polar surface area (TPSA) is 20.3 Å². The van der Waals surface area contributed by atoms with E-state index in [2.05, 4.69) is 13.8 Å². The zero-order chi connectivity index (χ0) is 11.9. The molecule has 1 aromatic rings. The lowest BCUT2D eigenvalue weighted by atomic mass is 9.75. The Morgan fingerprint density at radius 3 is 2.75 bits per heavy atom. The molecule has 1 aliphatic rings. The summed E-state index contributed by atoms with van der Waals surface area (Å²) in [6.45, 7) is 4.41. The molecule has 86 valence electrons. The van der Waals surface area contributed by atoms with Gasteiger partial charge in [0.2, 0.25) is 0 Å². The predicted molar refractivity (Wildman–Crippen MR) is 68.1 cm³/mol. The lowest BCUT2D eigenvalue weighted by molar-refractivity contribution is 0.101. The maximum Gasteiger partial charge on any atom is 0.191 e. The molecule has 0 amide bonds. The second kappa shape index (κ2) is 3.74. The highest BCUT2D eigenvalue weighted by Crippen LogP contribution is 2.42. The van der Waals surface area contributed by atoms with Gasteiger partial charge in [-0.15, -0.1) is 11.3 Å². The van der Waals surface area contributed by atoms with E-state index in [4.69, 9.17) is 0 Å². The van der Waals surface area contributed by atoms with Gasteiger partial charge < -0.3 is 4.90 Å². The van der Waals surface area contributed by atoms with Crippen LogP contribution in [0.2, 0.25) is 0 Å². The van der Waals surface area contributed by atoms with Gasteiger partial charge in [-0.05, 0) is 17.9 Å². The van der Waals surface area contributed by atoms with Crippen molar-refractivity contribution in [2.45, 2.75) is 25.7 Å². The van der Waals surface area contributed by atoms with E-state index >= 15 is 0 Å². The minimum atomic E-state index is 0.0826. The van der Waals surface area contributed by atoms with Gasteiger partial charge in [0, 0.05) is 41.7 Å². The monoisotopic (exact) mass is 235 g/mol. The standard InChI is InChI=1S/C13H17NOS/c1-13(2)7-9(8-14(3)4)11(15)10-5-6-16-12(10)13/h5-6,8H,7H2,1-4H3/b9-8-. The highest BCUT2D eigenvalue weighted by atomic mass is 32.1. The molecule has 1 heterocycles. The number of fused-ring (bicyclic) bond motifs is 1. The highest BCUT2D eigenvalue weighted by molar-refractivity contribution is 7.10. The maximum atomic E-state index is 12.2. The van der Waals surface area contributed by atoms with E-state index in [-0.39, 0.29) is 11.2 Å². The van der Waals surface area contributed by atoms with Crippen molar-refractivity contribution in [3.05, 3.63) is 33.7 Å². The molecular weight excluding hydrogens is 218 g/mol. The van der Waals surface area contributed by atoms with Gasteiger partial charge in [0.05, 0.1) is 0 Å². The SMILES string of the molecule is CN(C)/C=C1/CC(C)(C)c2sccc2C1=O. The van der Waals surface area contributed by atoms with Crippen LogP contribution in [0.25, 0.3) is 0 Å². The van der Waals surface area contributed by atoms with Crippen LogP contribution in [0.4, 0.5) is 0 Å². The van der Waals surface area contributed by atoms with Crippen LogP contribution >= 0.6 is 11.3 Å². The van der Waals surface area contributed by atoms with Gasteiger partial charge in [-0.2, -0.15) is 0 Å². The molecule has 1 aromatic heterocycles. The largest absolute Gasteiger partial charge is 0.383 e. The minimum absolute atomic E-state index is 0.0826. The molecule has 0 atom stereocenters. The first-order valence-corrected chi connectivity index (χ1v) is 6.29. The Bertz CT molecular complexity index is 454. The third kappa shape index (κ3) is 1.80. The molecule has 0 fully saturated rings. The molecule has 2 nitrogen and oxygen atoms in total. The molecular formula is C13H17NOS. The summed E-state index contributed by atoms with van der Waals surface area (Å²) in [5.41, 5.74) is 1.90. The van der Waals surface area contributed by atoms with Crippen molar-refractivity contribution >= 4 is 17.1 Å². The fourth-order valence-electron chi connectivity index (χ4n) is 2.24. The normalized spacial score (nSPS) is 21.0. The molecule has 1 aliphatic carbocycles. The summed E-state index contributed by atoms with van der Waals surface area (Å²) in [6, 6.07) is 1.95. The molecule has 0 spiro atoms. The number of rotatable bonds is 1. The average Bonchev–Trinajstić information content (AvgIpc) is 2.61. The van der Waals surface area contributed by atoms with Gasteiger partial charge in [-0.25, -0.2) is 0 Å². The summed E-state index contributed by atoms with van der Waals surface area (Å²) in [6.07, 6.45) is 2.78. The van der Waals surface area contributed by atoms with E-state index in [9.17, 15) is 4.79 Å². The Hall–Kier alpha value is -1.09. The van der Waals surface area contributed by atoms with Gasteiger partial charge in [0.1, 0.15) is 0 Å². The van der Waals surface area contributed by atoms with E-state index in [0.29, 0.717) is 0 Å². The zero-order valence-electron chi connectivity index (χ0n) is 10.2. The number of carbonyl (C=O) groups excluding carboxylic acids is 1. The zero-order valence-corrected chi connectivity index (χ0v) is 11.0. The first-order valence-electron chi connectivity index (χ1n) is 5.41. The van der Waals surface area contributed by atoms with Crippen LogP contribution in [0.1, 0.15) is 35.5 Å². The van der Waals surface area contributed by atoms with E-state index in [1.54, 1.807) is 11.3 Å². The third-order valence-electron chi connectivity index (χ3n) is 2.86. The van der Waals surface area contributed by atoms with Gasteiger partial charge in [-0.3, -0.25) is 4.79 Å². The first-order chi connectivity index (χ1) is 7.42. The number of hydrogen-bond donors (Lipinski definition) is 0. The molecule has 0 aromatic carbocycles. The molecule has 3 heteroatoms. The smallest absolute Gasteiger partial charge is 0.191 e. The maximum absolute atomic E-state index is 12.2. The van der Waals surface area contributed by atoms with Crippen molar-refractivity contribution < 1.29 is 4.79 Å². The third-order valence-corrected chi connectivity index (χ3v) is 4.14. The average molecular weight is 235 g/mol. The number of ketones is 1. The molecule has 0 aliphatic heterocycles. The fraction of sp³-hybridized carbons (Fsp3) is 0.462. The molecule has 2 rings (SSSR count). The second-order valence-electron chi connectivity index (χ2n) is 5.17. The van der Waals surface area contributed by atoms with Crippen molar-refractivity contribution in [1.29, 1.82) is 0 Å². The molecule has 16 heavy (non-hydrogen) atoms. The number of thiophene rings is 1. The highest BCUT2D eigenvalue weighted by Gasteiger charge is 2.35. The summed E-state index contributed by atoms with van der Waals surface area (Å²) >= 11 is 1.70. The van der Waals surface area contributed by atoms with Crippen molar-refractivity contribution in [2.75, 3.05) is 14.1 Å². The quantitative estimate of drug-likeness (QED) is 0.697. The van der Waals surface area contributed by atoms with Gasteiger partial charge in [0.25, 0.3) is 0 Å². The van der Waals surface area contributed by atoms with Crippen molar-refractivity contribution in [3.63, 3.8) is 0 Å². The summed E-state index contributed by atoms with van der Waals surface area (Å²) in [7, 11) is 3.91. The lowest BCUT2D eigenvalue weighted by Gasteiger charge is -2.31. The van der Waals surface area contributed by atoms with Crippen LogP contribution in [0, 0.1) is 0 Å². The van der Waals surface area contributed by atoms with Crippen molar-refractivity contribution in [2.24, 2.45) is 0 Å². The summed E-state index contributed by atoms with van der Waals surface area (Å²) in [5.74, 6) is 0.198. The molecule has 0 saturated carbocycles. The van der Waals surface area contributed by atoms with E-state index in [1.165, 1.54) is 4.88 Å². The Morgan fingerprint density at radius 1 is 1.44 bits per heavy atom. The molecule has 0 bridgehead atoms. The molecule has 0 radical (unpaired) electrons. The number of nitrogens with zero attached hydrogens (tertiary/aromatic N) is 1. The van der Waals surface area contributed by atoms with Gasteiger partial charge in [0.15, 0.2) is 5.78 Å². The van der Waals surface area contributed by atoms with Crippen LogP contribution in [-0.2, 0) is 5.41 Å². The van der Waals surface area contributed by atoms with E-state index < -0.39 is 0 Å². The Morgan fingerprint density at radius 2 is 2.12 bits per heavy atom. The molecule has 0 N–H and O–H groups in total. The van der Waals surface area contributed by atoms with Crippen LogP contribution in [-0.4, -0.2) is 24.8 Å². The first kappa shape index (κ1) is 11.4. The molecule has 0 unspecified atom stereocenters. The summed E-state index contributed by atoms with van der Waals surface area (Å²) in [5, 5.41) is 2.02. The number of allylic oxidation sites excluding steroid dienone is 1. The summed E-state index contributed by atoms with van der Waals surface area (Å²) < 4.78 is 0. The Kier molecular flexibility index (Phi) is 2.66. The van der Waals surface area contributed by atoms with Gasteiger partial charge >= 0.3 is 0 Å². The lowest BCUT2D eigenvalue weighted by Crippen LogP contribution is -2.28. The predicted octanol–water partition coefficient (Wildman–Crippen LogP) is 3.06. The molecule has 0 saturated heterocycles. The Balaban J connectivity index is 2.50. The summed E-state index contributed by atoms with van der Waals surface area (Å²) in [4.78, 5) is 15.4. The number of Topliss-reactive ketones (excluding diaryl/α,β-unsaturated/α-hetero) is 1.